The van der Waals surface area contributed by atoms with Crippen LogP contribution in [0.5, 0.6) is 5.75 Å². The summed E-state index contributed by atoms with van der Waals surface area (Å²) in [4.78, 5) is 7.90. The first-order chi connectivity index (χ1) is 15.1. The Morgan fingerprint density at radius 1 is 1.10 bits per heavy atom. The second-order valence-corrected chi connectivity index (χ2v) is 7.04. The minimum Gasteiger partial charge on any atom is -0.460 e. The number of allylic oxidation sites excluding steroid dienone is 1. The molecule has 0 radical (unpaired) electrons. The molecule has 3 heterocycles. The average molecular weight is 414 g/mol. The molecule has 0 aliphatic carbocycles. The zero-order valence-electron chi connectivity index (χ0n) is 16.0. The SMILES string of the molecule is N#CC1=C(N)OC2=C(C(O)Oc3ccccc32)C1c1ccc(-c2cncnc2)cc1F. The Labute approximate surface area is 176 Å². The van der Waals surface area contributed by atoms with Crippen molar-refractivity contribution in [1.29, 1.82) is 5.26 Å². The van der Waals surface area contributed by atoms with Gasteiger partial charge in [-0.15, -0.1) is 0 Å². The minimum atomic E-state index is -1.44. The van der Waals surface area contributed by atoms with Gasteiger partial charge in [0.15, 0.2) is 0 Å². The van der Waals surface area contributed by atoms with E-state index in [0.717, 1.165) is 0 Å². The molecule has 31 heavy (non-hydrogen) atoms. The summed E-state index contributed by atoms with van der Waals surface area (Å²) in [6.45, 7) is 0. The maximum Gasteiger partial charge on any atom is 0.225 e. The molecule has 3 aromatic rings. The van der Waals surface area contributed by atoms with Crippen molar-refractivity contribution in [1.82, 2.24) is 9.97 Å². The number of aliphatic hydroxyl groups is 1. The summed E-state index contributed by atoms with van der Waals surface area (Å²) in [7, 11) is 0. The monoisotopic (exact) mass is 414 g/mol. The Morgan fingerprint density at radius 2 is 1.87 bits per heavy atom. The van der Waals surface area contributed by atoms with Crippen molar-refractivity contribution in [2.75, 3.05) is 0 Å². The van der Waals surface area contributed by atoms with Crippen molar-refractivity contribution in [3.8, 4) is 22.9 Å². The van der Waals surface area contributed by atoms with E-state index in [4.69, 9.17) is 15.2 Å². The number of ether oxygens (including phenoxy) is 2. The smallest absolute Gasteiger partial charge is 0.225 e. The lowest BCUT2D eigenvalue weighted by atomic mass is 9.80. The fourth-order valence-electron chi connectivity index (χ4n) is 3.89. The Balaban J connectivity index is 1.69. The highest BCUT2D eigenvalue weighted by molar-refractivity contribution is 5.76. The molecule has 2 aromatic carbocycles. The van der Waals surface area contributed by atoms with Crippen LogP contribution in [0.4, 0.5) is 4.39 Å². The normalized spacial score (nSPS) is 19.6. The molecule has 2 unspecified atom stereocenters. The molecular weight excluding hydrogens is 399 g/mol. The van der Waals surface area contributed by atoms with Gasteiger partial charge in [-0.25, -0.2) is 14.4 Å². The van der Waals surface area contributed by atoms with Crippen LogP contribution in [-0.4, -0.2) is 21.4 Å². The van der Waals surface area contributed by atoms with Crippen LogP contribution in [0.3, 0.4) is 0 Å². The number of aliphatic hydroxyl groups excluding tert-OH is 1. The number of halogens is 1. The van der Waals surface area contributed by atoms with E-state index in [9.17, 15) is 10.4 Å². The first kappa shape index (κ1) is 18.8. The van der Waals surface area contributed by atoms with Crippen LogP contribution in [0.2, 0.25) is 0 Å². The van der Waals surface area contributed by atoms with Crippen molar-refractivity contribution < 1.29 is 19.0 Å². The Hall–Kier alpha value is -4.22. The second kappa shape index (κ2) is 7.23. The van der Waals surface area contributed by atoms with E-state index >= 15 is 4.39 Å². The highest BCUT2D eigenvalue weighted by Gasteiger charge is 2.42. The molecule has 2 atom stereocenters. The predicted molar refractivity (Wildman–Crippen MR) is 108 cm³/mol. The lowest BCUT2D eigenvalue weighted by molar-refractivity contribution is 0.00458. The van der Waals surface area contributed by atoms with Gasteiger partial charge < -0.3 is 20.3 Å². The topological polar surface area (TPSA) is 114 Å². The van der Waals surface area contributed by atoms with Crippen molar-refractivity contribution in [3.05, 3.63) is 95.2 Å². The van der Waals surface area contributed by atoms with E-state index in [2.05, 4.69) is 9.97 Å². The van der Waals surface area contributed by atoms with Crippen LogP contribution >= 0.6 is 0 Å². The molecule has 0 bridgehead atoms. The third-order valence-corrected chi connectivity index (χ3v) is 5.30. The van der Waals surface area contributed by atoms with Crippen LogP contribution in [0.1, 0.15) is 17.0 Å². The molecule has 5 rings (SSSR count). The fraction of sp³-hybridized carbons (Fsp3) is 0.0870. The molecule has 0 fully saturated rings. The number of aromatic nitrogens is 2. The lowest BCUT2D eigenvalue weighted by Crippen LogP contribution is -2.33. The summed E-state index contributed by atoms with van der Waals surface area (Å²) >= 11 is 0. The van der Waals surface area contributed by atoms with Gasteiger partial charge in [0.2, 0.25) is 12.2 Å². The van der Waals surface area contributed by atoms with Gasteiger partial charge in [-0.1, -0.05) is 24.3 Å². The quantitative estimate of drug-likeness (QED) is 0.662. The molecule has 1 aromatic heterocycles. The van der Waals surface area contributed by atoms with Crippen LogP contribution in [-0.2, 0) is 4.74 Å². The lowest BCUT2D eigenvalue weighted by Gasteiger charge is -2.35. The largest absolute Gasteiger partial charge is 0.460 e. The van der Waals surface area contributed by atoms with Crippen molar-refractivity contribution >= 4 is 5.76 Å². The number of hydrogen-bond acceptors (Lipinski definition) is 7. The summed E-state index contributed by atoms with van der Waals surface area (Å²) in [6, 6.07) is 13.5. The van der Waals surface area contributed by atoms with Gasteiger partial charge in [0.05, 0.1) is 17.1 Å². The van der Waals surface area contributed by atoms with Gasteiger partial charge >= 0.3 is 0 Å². The first-order valence-electron chi connectivity index (χ1n) is 9.39. The molecular formula is C23H15FN4O3. The van der Waals surface area contributed by atoms with Crippen molar-refractivity contribution in [2.24, 2.45) is 5.73 Å². The molecule has 0 saturated carbocycles. The zero-order chi connectivity index (χ0) is 21.5. The number of rotatable bonds is 2. The molecule has 0 saturated heterocycles. The molecule has 0 spiro atoms. The van der Waals surface area contributed by atoms with E-state index in [1.54, 1.807) is 48.8 Å². The maximum absolute atomic E-state index is 15.3. The summed E-state index contributed by atoms with van der Waals surface area (Å²) in [5.41, 5.74) is 8.20. The number of nitrogens with zero attached hydrogens (tertiary/aromatic N) is 3. The molecule has 8 heteroatoms. The average Bonchev–Trinajstić information content (AvgIpc) is 2.79. The van der Waals surface area contributed by atoms with Crippen molar-refractivity contribution in [2.45, 2.75) is 12.2 Å². The number of nitrogens with two attached hydrogens (primary N) is 1. The molecule has 2 aliphatic heterocycles. The molecule has 0 amide bonds. The van der Waals surface area contributed by atoms with Crippen LogP contribution < -0.4 is 10.5 Å². The fourth-order valence-corrected chi connectivity index (χ4v) is 3.89. The van der Waals surface area contributed by atoms with Gasteiger partial charge in [-0.2, -0.15) is 5.26 Å². The van der Waals surface area contributed by atoms with Crippen molar-refractivity contribution in [3.63, 3.8) is 0 Å². The van der Waals surface area contributed by atoms with Crippen LogP contribution in [0, 0.1) is 17.1 Å². The predicted octanol–water partition coefficient (Wildman–Crippen LogP) is 3.21. The van der Waals surface area contributed by atoms with E-state index in [0.29, 0.717) is 22.4 Å². The van der Waals surface area contributed by atoms with Gasteiger partial charge in [0.1, 0.15) is 35.3 Å². The summed E-state index contributed by atoms with van der Waals surface area (Å²) in [6.07, 6.45) is 3.10. The molecule has 3 N–H and O–H groups in total. The molecule has 2 aliphatic rings. The summed E-state index contributed by atoms with van der Waals surface area (Å²) in [5, 5.41) is 20.5. The Morgan fingerprint density at radius 3 is 2.61 bits per heavy atom. The van der Waals surface area contributed by atoms with Gasteiger partial charge in [-0.05, 0) is 23.8 Å². The van der Waals surface area contributed by atoms with Gasteiger partial charge in [-0.3, -0.25) is 0 Å². The molecule has 152 valence electrons. The number of para-hydroxylation sites is 1. The van der Waals surface area contributed by atoms with Gasteiger partial charge in [0, 0.05) is 23.5 Å². The maximum atomic E-state index is 15.3. The van der Waals surface area contributed by atoms with E-state index in [1.807, 2.05) is 6.07 Å². The first-order valence-corrected chi connectivity index (χ1v) is 9.39. The Bertz CT molecular complexity index is 1300. The van der Waals surface area contributed by atoms with E-state index < -0.39 is 18.0 Å². The zero-order valence-corrected chi connectivity index (χ0v) is 16.0. The third kappa shape index (κ3) is 2.99. The number of benzene rings is 2. The number of fused-ring (bicyclic) bond motifs is 2. The van der Waals surface area contributed by atoms with E-state index in [-0.39, 0.29) is 28.4 Å². The molecule has 7 nitrogen and oxygen atoms in total. The summed E-state index contributed by atoms with van der Waals surface area (Å²) < 4.78 is 26.7. The standard InChI is InChI=1S/C23H15FN4O3/c24-17-7-12(13-9-27-11-28-10-13)5-6-14(17)19-16(8-25)22(26)31-21-15-3-1-2-4-18(15)30-23(29)20(19)21/h1-7,9-11,19,23,29H,26H2. The minimum absolute atomic E-state index is 0.00419. The highest BCUT2D eigenvalue weighted by atomic mass is 19.1. The highest BCUT2D eigenvalue weighted by Crippen LogP contribution is 2.48. The summed E-state index contributed by atoms with van der Waals surface area (Å²) in [5.74, 6) is -1.03. The van der Waals surface area contributed by atoms with Crippen LogP contribution in [0.25, 0.3) is 16.9 Å². The van der Waals surface area contributed by atoms with E-state index in [1.165, 1.54) is 12.4 Å². The second-order valence-electron chi connectivity index (χ2n) is 7.04. The van der Waals surface area contributed by atoms with Crippen LogP contribution in [0.15, 0.2) is 78.2 Å². The van der Waals surface area contributed by atoms with Gasteiger partial charge in [0.25, 0.3) is 0 Å². The number of hydrogen-bond donors (Lipinski definition) is 2. The third-order valence-electron chi connectivity index (χ3n) is 5.30. The Kier molecular flexibility index (Phi) is 4.38. The number of nitriles is 1.